The number of fused-ring (bicyclic) bond motifs is 1. The smallest absolute Gasteiger partial charge is 0.292 e. The molecule has 0 fully saturated rings. The van der Waals surface area contributed by atoms with Gasteiger partial charge in [0.25, 0.3) is 5.91 Å². The second-order valence-electron chi connectivity index (χ2n) is 6.99. The number of carbonyl (C=O) groups is 1. The van der Waals surface area contributed by atoms with Gasteiger partial charge < -0.3 is 14.2 Å². The molecule has 11 heteroatoms. The normalized spacial score (nSPS) is 14.8. The van der Waals surface area contributed by atoms with E-state index in [1.807, 2.05) is 41.5 Å². The highest BCUT2D eigenvalue weighted by Gasteiger charge is 2.33. The molecule has 38 heavy (non-hydrogen) atoms. The molecule has 1 aliphatic heterocycles. The predicted octanol–water partition coefficient (Wildman–Crippen LogP) is 7.06. The van der Waals surface area contributed by atoms with Crippen LogP contribution in [0.1, 0.15) is 57.7 Å². The molecular weight excluding hydrogens is 538 g/mol. The number of ether oxygens (including phenoxy) is 1. The summed E-state index contributed by atoms with van der Waals surface area (Å²) >= 11 is 5.90. The highest BCUT2D eigenvalue weighted by Crippen LogP contribution is 2.34. The van der Waals surface area contributed by atoms with Crippen LogP contribution in [0, 0.1) is 5.82 Å². The summed E-state index contributed by atoms with van der Waals surface area (Å²) in [6.07, 6.45) is 1.37. The Kier molecular flexibility index (Phi) is 15.2. The number of benzene rings is 2. The first kappa shape index (κ1) is 33.0. The lowest BCUT2D eigenvalue weighted by atomic mass is 10.1. The number of hydrogen-bond acceptors (Lipinski definition) is 6. The van der Waals surface area contributed by atoms with E-state index in [4.69, 9.17) is 20.9 Å². The SMILES string of the molecule is CC.CC.CC.O=C(c1ccno1)N1CCc2c(OF)ccc(F)c2OC[C@H]1C[S@](=O)c1ccc(Cl)cc1. The van der Waals surface area contributed by atoms with Gasteiger partial charge in [-0.3, -0.25) is 13.9 Å². The zero-order valence-electron chi connectivity index (χ0n) is 22.5. The van der Waals surface area contributed by atoms with E-state index >= 15 is 0 Å². The molecule has 210 valence electrons. The van der Waals surface area contributed by atoms with Crippen molar-refractivity contribution < 1.29 is 32.1 Å². The first-order valence-electron chi connectivity index (χ1n) is 12.6. The predicted molar refractivity (Wildman–Crippen MR) is 145 cm³/mol. The minimum atomic E-state index is -1.51. The van der Waals surface area contributed by atoms with Crippen LogP contribution in [0.25, 0.3) is 0 Å². The van der Waals surface area contributed by atoms with Crippen molar-refractivity contribution in [1.29, 1.82) is 0 Å². The highest BCUT2D eigenvalue weighted by atomic mass is 35.5. The van der Waals surface area contributed by atoms with E-state index in [-0.39, 0.29) is 48.1 Å². The highest BCUT2D eigenvalue weighted by molar-refractivity contribution is 7.85. The van der Waals surface area contributed by atoms with Crippen molar-refractivity contribution in [3.05, 3.63) is 70.8 Å². The van der Waals surface area contributed by atoms with Crippen LogP contribution in [0.4, 0.5) is 8.92 Å². The van der Waals surface area contributed by atoms with E-state index in [2.05, 4.69) is 10.1 Å². The maximum Gasteiger partial charge on any atom is 0.292 e. The van der Waals surface area contributed by atoms with Gasteiger partial charge in [-0.05, 0) is 42.8 Å². The third kappa shape index (κ3) is 8.52. The maximum atomic E-state index is 14.4. The van der Waals surface area contributed by atoms with E-state index in [1.54, 1.807) is 24.3 Å². The van der Waals surface area contributed by atoms with E-state index in [1.165, 1.54) is 17.2 Å². The van der Waals surface area contributed by atoms with Gasteiger partial charge in [-0.2, -0.15) is 0 Å². The summed E-state index contributed by atoms with van der Waals surface area (Å²) in [4.78, 5) is 18.8. The van der Waals surface area contributed by atoms with Gasteiger partial charge in [0.05, 0.1) is 28.8 Å². The van der Waals surface area contributed by atoms with E-state index < -0.39 is 28.6 Å². The summed E-state index contributed by atoms with van der Waals surface area (Å²) < 4.78 is 51.0. The van der Waals surface area contributed by atoms with E-state index in [0.29, 0.717) is 9.92 Å². The molecule has 0 saturated carbocycles. The van der Waals surface area contributed by atoms with Crippen LogP contribution >= 0.6 is 11.6 Å². The Morgan fingerprint density at radius 2 is 1.76 bits per heavy atom. The number of rotatable bonds is 5. The summed E-state index contributed by atoms with van der Waals surface area (Å²) in [6, 6.07) is 9.37. The molecule has 2 aromatic carbocycles. The largest absolute Gasteiger partial charge is 0.488 e. The molecule has 1 amide bonds. The number of amides is 1. The molecular formula is C27H35ClF2N2O5S. The number of aromatic nitrogens is 1. The van der Waals surface area contributed by atoms with E-state index in [9.17, 15) is 17.9 Å². The average molecular weight is 573 g/mol. The summed E-state index contributed by atoms with van der Waals surface area (Å²) in [6.45, 7) is 11.9. The third-order valence-electron chi connectivity index (χ3n) is 5.05. The van der Waals surface area contributed by atoms with Gasteiger partial charge in [0, 0.05) is 32.6 Å². The van der Waals surface area contributed by atoms with Gasteiger partial charge in [-0.1, -0.05) is 58.3 Å². The van der Waals surface area contributed by atoms with Crippen molar-refractivity contribution in [2.45, 2.75) is 58.9 Å². The average Bonchev–Trinajstić information content (AvgIpc) is 3.50. The number of nitrogens with zero attached hydrogens (tertiary/aromatic N) is 2. The van der Waals surface area contributed by atoms with Gasteiger partial charge in [-0.25, -0.2) is 4.39 Å². The molecule has 0 spiro atoms. The lowest BCUT2D eigenvalue weighted by molar-refractivity contribution is -0.00834. The molecule has 0 aliphatic carbocycles. The van der Waals surface area contributed by atoms with E-state index in [0.717, 1.165) is 12.1 Å². The molecule has 2 heterocycles. The first-order chi connectivity index (χ1) is 18.5. The molecule has 3 aromatic rings. The van der Waals surface area contributed by atoms with Gasteiger partial charge in [0.15, 0.2) is 17.3 Å². The molecule has 0 unspecified atom stereocenters. The Morgan fingerprint density at radius 3 is 2.34 bits per heavy atom. The Hall–Kier alpha value is -2.98. The van der Waals surface area contributed by atoms with Crippen molar-refractivity contribution in [2.75, 3.05) is 18.9 Å². The lowest BCUT2D eigenvalue weighted by Gasteiger charge is -2.33. The third-order valence-corrected chi connectivity index (χ3v) is 6.78. The Labute approximate surface area is 230 Å². The molecule has 1 aromatic heterocycles. The van der Waals surface area contributed by atoms with Crippen molar-refractivity contribution >= 4 is 28.3 Å². The molecule has 4 rings (SSSR count). The second kappa shape index (κ2) is 17.5. The summed E-state index contributed by atoms with van der Waals surface area (Å²) in [5.41, 5.74) is 0.153. The van der Waals surface area contributed by atoms with Crippen LogP contribution in [-0.4, -0.2) is 45.1 Å². The zero-order chi connectivity index (χ0) is 28.7. The second-order valence-corrected chi connectivity index (χ2v) is 8.92. The summed E-state index contributed by atoms with van der Waals surface area (Å²) in [5.74, 6) is -1.56. The Morgan fingerprint density at radius 1 is 1.11 bits per heavy atom. The van der Waals surface area contributed by atoms with Crippen LogP contribution in [-0.2, 0) is 17.2 Å². The number of halogens is 3. The number of carbonyl (C=O) groups excluding carboxylic acids is 1. The van der Waals surface area contributed by atoms with Crippen LogP contribution in [0.3, 0.4) is 0 Å². The summed E-state index contributed by atoms with van der Waals surface area (Å²) in [5, 5.41) is 4.05. The first-order valence-corrected chi connectivity index (χ1v) is 14.3. The van der Waals surface area contributed by atoms with Crippen molar-refractivity contribution in [2.24, 2.45) is 0 Å². The van der Waals surface area contributed by atoms with Crippen molar-refractivity contribution in [3.63, 3.8) is 0 Å². The number of hydrogen-bond donors (Lipinski definition) is 0. The molecule has 1 aliphatic rings. The van der Waals surface area contributed by atoms with Crippen molar-refractivity contribution in [1.82, 2.24) is 10.1 Å². The molecule has 0 radical (unpaired) electrons. The fourth-order valence-corrected chi connectivity index (χ4v) is 4.84. The molecule has 7 nitrogen and oxygen atoms in total. The topological polar surface area (TPSA) is 81.9 Å². The van der Waals surface area contributed by atoms with Crippen LogP contribution in [0.2, 0.25) is 5.02 Å². The monoisotopic (exact) mass is 572 g/mol. The van der Waals surface area contributed by atoms with Crippen molar-refractivity contribution in [3.8, 4) is 11.5 Å². The molecule has 0 saturated heterocycles. The van der Waals surface area contributed by atoms with Gasteiger partial charge in [0.1, 0.15) is 6.61 Å². The molecule has 0 N–H and O–H groups in total. The maximum absolute atomic E-state index is 14.4. The zero-order valence-corrected chi connectivity index (χ0v) is 24.1. The molecule has 0 bridgehead atoms. The van der Waals surface area contributed by atoms with Gasteiger partial charge in [0.2, 0.25) is 5.76 Å². The fourth-order valence-electron chi connectivity index (χ4n) is 3.46. The van der Waals surface area contributed by atoms with Crippen LogP contribution in [0.5, 0.6) is 11.5 Å². The minimum Gasteiger partial charge on any atom is -0.488 e. The Balaban J connectivity index is 0.00000112. The van der Waals surface area contributed by atoms with Crippen LogP contribution < -0.4 is 9.68 Å². The fraction of sp³-hybridized carbons (Fsp3) is 0.407. The summed E-state index contributed by atoms with van der Waals surface area (Å²) in [7, 11) is -1.51. The lowest BCUT2D eigenvalue weighted by Crippen LogP contribution is -2.48. The molecule has 2 atom stereocenters. The van der Waals surface area contributed by atoms with Gasteiger partial charge >= 0.3 is 0 Å². The van der Waals surface area contributed by atoms with Crippen LogP contribution in [0.15, 0.2) is 58.1 Å². The minimum absolute atomic E-state index is 0.0117. The van der Waals surface area contributed by atoms with Gasteiger partial charge in [-0.15, -0.1) is 0 Å². The quantitative estimate of drug-likeness (QED) is 0.325. The Bertz CT molecular complexity index is 1130. The standard InChI is InChI=1S/C21H17ClF2N2O5S.3C2H6/c22-13-1-3-15(4-2-13)32(28)12-14-11-29-20-16(18(30-24)6-5-17(20)23)8-10-26(14)21(27)19-7-9-25-31-19;3*1-2/h1-7,9,14H,8,10-12H2;3*1-2H3/t14-,32-;;;/m0.../s1.